The first-order chi connectivity index (χ1) is 4.18. The average Bonchev–Trinajstić information content (AvgIpc) is 1.82. The Morgan fingerprint density at radius 3 is 2.67 bits per heavy atom. The predicted octanol–water partition coefficient (Wildman–Crippen LogP) is 1.40. The lowest BCUT2D eigenvalue weighted by atomic mass is 10.2. The summed E-state index contributed by atoms with van der Waals surface area (Å²) in [6.07, 6.45) is 0.631. The Morgan fingerprint density at radius 1 is 1.78 bits per heavy atom. The molecule has 0 N–H and O–H groups in total. The van der Waals surface area contributed by atoms with Gasteiger partial charge in [0.1, 0.15) is 0 Å². The number of alkyl halides is 1. The van der Waals surface area contributed by atoms with E-state index >= 15 is 0 Å². The quantitative estimate of drug-likeness (QED) is 0.432. The van der Waals surface area contributed by atoms with E-state index in [-0.39, 0.29) is 0 Å². The standard InChI is InChI=1S/C5H10FNO2/c1-5(7(8)9)3-2-4-6/h5H,2-4H2,1H3. The molecule has 0 aromatic carbocycles. The van der Waals surface area contributed by atoms with Gasteiger partial charge in [-0.25, -0.2) is 0 Å². The third-order valence-electron chi connectivity index (χ3n) is 1.12. The van der Waals surface area contributed by atoms with E-state index in [1.165, 1.54) is 6.92 Å². The van der Waals surface area contributed by atoms with Crippen molar-refractivity contribution in [1.29, 1.82) is 0 Å². The van der Waals surface area contributed by atoms with Gasteiger partial charge < -0.3 is 0 Å². The molecule has 0 radical (unpaired) electrons. The second-order valence-corrected chi connectivity index (χ2v) is 1.97. The Balaban J connectivity index is 3.27. The molecule has 3 nitrogen and oxygen atoms in total. The fourth-order valence-electron chi connectivity index (χ4n) is 0.478. The summed E-state index contributed by atoms with van der Waals surface area (Å²) >= 11 is 0. The molecule has 1 atom stereocenters. The van der Waals surface area contributed by atoms with Crippen molar-refractivity contribution < 1.29 is 9.31 Å². The van der Waals surface area contributed by atoms with Crippen molar-refractivity contribution in [2.75, 3.05) is 6.67 Å². The SMILES string of the molecule is CC(CCCF)[N+](=O)[O-]. The maximum atomic E-state index is 11.4. The molecule has 0 aliphatic rings. The van der Waals surface area contributed by atoms with Gasteiger partial charge in [-0.05, 0) is 6.42 Å². The topological polar surface area (TPSA) is 43.1 Å². The molecule has 0 rings (SSSR count). The number of halogens is 1. The van der Waals surface area contributed by atoms with E-state index in [1.807, 2.05) is 0 Å². The fraction of sp³-hybridized carbons (Fsp3) is 1.00. The van der Waals surface area contributed by atoms with Gasteiger partial charge in [0.2, 0.25) is 6.04 Å². The summed E-state index contributed by atoms with van der Waals surface area (Å²) in [5, 5.41) is 9.89. The number of hydrogen-bond donors (Lipinski definition) is 0. The summed E-state index contributed by atoms with van der Waals surface area (Å²) in [4.78, 5) is 9.50. The van der Waals surface area contributed by atoms with Gasteiger partial charge in [0, 0.05) is 18.3 Å². The van der Waals surface area contributed by atoms with E-state index in [2.05, 4.69) is 0 Å². The molecule has 0 aliphatic carbocycles. The van der Waals surface area contributed by atoms with Gasteiger partial charge in [-0.3, -0.25) is 14.5 Å². The minimum atomic E-state index is -0.597. The summed E-state index contributed by atoms with van der Waals surface area (Å²) in [6.45, 7) is 1.02. The molecule has 0 fully saturated rings. The van der Waals surface area contributed by atoms with Crippen LogP contribution in [0.3, 0.4) is 0 Å². The maximum absolute atomic E-state index is 11.4. The van der Waals surface area contributed by atoms with Crippen LogP contribution in [0.5, 0.6) is 0 Å². The summed E-state index contributed by atoms with van der Waals surface area (Å²) < 4.78 is 11.4. The van der Waals surface area contributed by atoms with Gasteiger partial charge in [0.25, 0.3) is 0 Å². The van der Waals surface area contributed by atoms with Crippen LogP contribution in [0.2, 0.25) is 0 Å². The molecule has 0 amide bonds. The highest BCUT2D eigenvalue weighted by Gasteiger charge is 2.10. The third kappa shape index (κ3) is 3.88. The van der Waals surface area contributed by atoms with Crippen molar-refractivity contribution in [2.45, 2.75) is 25.8 Å². The van der Waals surface area contributed by atoms with Crippen LogP contribution >= 0.6 is 0 Å². The molecule has 0 saturated heterocycles. The second kappa shape index (κ2) is 4.23. The Hall–Kier alpha value is -0.670. The van der Waals surface area contributed by atoms with Crippen LogP contribution in [-0.2, 0) is 0 Å². The van der Waals surface area contributed by atoms with E-state index in [0.717, 1.165) is 0 Å². The molecular weight excluding hydrogens is 125 g/mol. The molecule has 54 valence electrons. The van der Waals surface area contributed by atoms with Crippen molar-refractivity contribution in [2.24, 2.45) is 0 Å². The lowest BCUT2D eigenvalue weighted by Gasteiger charge is -1.98. The minimum absolute atomic E-state index is 0.294. The lowest BCUT2D eigenvalue weighted by molar-refractivity contribution is -0.519. The third-order valence-corrected chi connectivity index (χ3v) is 1.12. The molecule has 0 bridgehead atoms. The lowest BCUT2D eigenvalue weighted by Crippen LogP contribution is -2.14. The predicted molar refractivity (Wildman–Crippen MR) is 31.7 cm³/mol. The number of nitrogens with zero attached hydrogens (tertiary/aromatic N) is 1. The molecule has 0 heterocycles. The molecule has 0 spiro atoms. The van der Waals surface area contributed by atoms with Gasteiger partial charge in [-0.1, -0.05) is 0 Å². The Labute approximate surface area is 53.0 Å². The first-order valence-corrected chi connectivity index (χ1v) is 2.88. The zero-order valence-corrected chi connectivity index (χ0v) is 5.34. The number of rotatable bonds is 4. The van der Waals surface area contributed by atoms with E-state index in [1.54, 1.807) is 0 Å². The Kier molecular flexibility index (Phi) is 3.92. The smallest absolute Gasteiger partial charge is 0.210 e. The van der Waals surface area contributed by atoms with E-state index < -0.39 is 17.6 Å². The highest BCUT2D eigenvalue weighted by atomic mass is 19.1. The van der Waals surface area contributed by atoms with Crippen molar-refractivity contribution >= 4 is 0 Å². The largest absolute Gasteiger partial charge is 0.264 e. The summed E-state index contributed by atoms with van der Waals surface area (Å²) in [5.41, 5.74) is 0. The molecule has 0 aliphatic heterocycles. The highest BCUT2D eigenvalue weighted by Crippen LogP contribution is 1.99. The molecule has 4 heteroatoms. The number of nitro groups is 1. The summed E-state index contributed by atoms with van der Waals surface area (Å²) in [5.74, 6) is 0. The van der Waals surface area contributed by atoms with Crippen LogP contribution in [-0.4, -0.2) is 17.6 Å². The van der Waals surface area contributed by atoms with Crippen molar-refractivity contribution in [1.82, 2.24) is 0 Å². The van der Waals surface area contributed by atoms with Crippen LogP contribution in [0.25, 0.3) is 0 Å². The Bertz CT molecular complexity index is 97.0. The van der Waals surface area contributed by atoms with Gasteiger partial charge in [0.15, 0.2) is 0 Å². The molecule has 1 unspecified atom stereocenters. The maximum Gasteiger partial charge on any atom is 0.210 e. The zero-order valence-electron chi connectivity index (χ0n) is 5.34. The fourth-order valence-corrected chi connectivity index (χ4v) is 0.478. The van der Waals surface area contributed by atoms with Gasteiger partial charge >= 0.3 is 0 Å². The van der Waals surface area contributed by atoms with Crippen LogP contribution in [0, 0.1) is 10.1 Å². The van der Waals surface area contributed by atoms with E-state index in [0.29, 0.717) is 12.8 Å². The Morgan fingerprint density at radius 2 is 2.33 bits per heavy atom. The van der Waals surface area contributed by atoms with Crippen molar-refractivity contribution in [3.05, 3.63) is 10.1 Å². The molecule has 9 heavy (non-hydrogen) atoms. The summed E-state index contributed by atoms with van der Waals surface area (Å²) in [7, 11) is 0. The van der Waals surface area contributed by atoms with Gasteiger partial charge in [-0.2, -0.15) is 0 Å². The van der Waals surface area contributed by atoms with Crippen molar-refractivity contribution in [3.63, 3.8) is 0 Å². The van der Waals surface area contributed by atoms with E-state index in [9.17, 15) is 14.5 Å². The normalized spacial score (nSPS) is 13.1. The van der Waals surface area contributed by atoms with Crippen LogP contribution < -0.4 is 0 Å². The summed E-state index contributed by atoms with van der Waals surface area (Å²) in [6, 6.07) is -0.597. The second-order valence-electron chi connectivity index (χ2n) is 1.97. The van der Waals surface area contributed by atoms with Gasteiger partial charge in [0.05, 0.1) is 6.67 Å². The molecule has 0 aromatic heterocycles. The first kappa shape index (κ1) is 8.33. The number of hydrogen-bond acceptors (Lipinski definition) is 2. The molecule has 0 aromatic rings. The first-order valence-electron chi connectivity index (χ1n) is 2.88. The molecular formula is C5H10FNO2. The van der Waals surface area contributed by atoms with E-state index in [4.69, 9.17) is 0 Å². The van der Waals surface area contributed by atoms with Crippen molar-refractivity contribution in [3.8, 4) is 0 Å². The van der Waals surface area contributed by atoms with Crippen LogP contribution in [0.1, 0.15) is 19.8 Å². The average molecular weight is 135 g/mol. The zero-order chi connectivity index (χ0) is 7.28. The molecule has 0 saturated carbocycles. The highest BCUT2D eigenvalue weighted by molar-refractivity contribution is 4.46. The van der Waals surface area contributed by atoms with Crippen LogP contribution in [0.4, 0.5) is 4.39 Å². The monoisotopic (exact) mass is 135 g/mol. The minimum Gasteiger partial charge on any atom is -0.264 e. The van der Waals surface area contributed by atoms with Crippen LogP contribution in [0.15, 0.2) is 0 Å². The van der Waals surface area contributed by atoms with Gasteiger partial charge in [-0.15, -0.1) is 0 Å².